The molecule has 0 saturated carbocycles. The average molecular weight is 349 g/mol. The van der Waals surface area contributed by atoms with E-state index in [1.54, 1.807) is 29.8 Å². The molecule has 0 saturated heterocycles. The lowest BCUT2D eigenvalue weighted by Crippen LogP contribution is -2.17. The second kappa shape index (κ2) is 6.46. The molecule has 3 aromatic rings. The van der Waals surface area contributed by atoms with Gasteiger partial charge in [-0.2, -0.15) is 13.2 Å². The fourth-order valence-corrected chi connectivity index (χ4v) is 2.37. The number of halogens is 3. The predicted octanol–water partition coefficient (Wildman–Crippen LogP) is 4.00. The second-order valence-corrected chi connectivity index (χ2v) is 5.20. The van der Waals surface area contributed by atoms with Gasteiger partial charge in [-0.25, -0.2) is 4.98 Å². The van der Waals surface area contributed by atoms with Crippen molar-refractivity contribution >= 4 is 17.2 Å². The first-order chi connectivity index (χ1) is 11.9. The van der Waals surface area contributed by atoms with Crippen molar-refractivity contribution in [1.82, 2.24) is 9.38 Å². The molecule has 1 aromatic carbocycles. The first-order valence-electron chi connectivity index (χ1n) is 7.46. The third kappa shape index (κ3) is 3.57. The highest BCUT2D eigenvalue weighted by Crippen LogP contribution is 2.37. The lowest BCUT2D eigenvalue weighted by Gasteiger charge is -2.15. The number of hydrogen-bond donors (Lipinski definition) is 1. The van der Waals surface area contributed by atoms with E-state index in [2.05, 4.69) is 10.3 Å². The van der Waals surface area contributed by atoms with E-state index < -0.39 is 17.6 Å². The van der Waals surface area contributed by atoms with E-state index in [0.29, 0.717) is 5.65 Å². The first kappa shape index (κ1) is 16.8. The van der Waals surface area contributed by atoms with Crippen molar-refractivity contribution in [2.45, 2.75) is 13.1 Å². The molecule has 25 heavy (non-hydrogen) atoms. The van der Waals surface area contributed by atoms with Crippen LogP contribution in [0.3, 0.4) is 0 Å². The summed E-state index contributed by atoms with van der Waals surface area (Å²) in [6.07, 6.45) is 0.0822. The summed E-state index contributed by atoms with van der Waals surface area (Å²) >= 11 is 0. The lowest BCUT2D eigenvalue weighted by atomic mass is 10.1. The van der Waals surface area contributed by atoms with Crippen LogP contribution in [0.2, 0.25) is 0 Å². The Balaban J connectivity index is 1.91. The van der Waals surface area contributed by atoms with E-state index in [0.717, 1.165) is 6.07 Å². The van der Waals surface area contributed by atoms with Crippen molar-refractivity contribution < 1.29 is 22.7 Å². The molecule has 5 nitrogen and oxygen atoms in total. The molecule has 0 spiro atoms. The molecule has 1 N–H and O–H groups in total. The smallest absolute Gasteiger partial charge is 0.418 e. The number of nitrogens with zero attached hydrogens (tertiary/aromatic N) is 2. The molecule has 8 heteroatoms. The summed E-state index contributed by atoms with van der Waals surface area (Å²) in [5.41, 5.74) is -0.441. The molecule has 2 heterocycles. The van der Waals surface area contributed by atoms with Crippen LogP contribution in [-0.2, 0) is 6.18 Å². The molecule has 0 aliphatic heterocycles. The Kier molecular flexibility index (Phi) is 4.35. The summed E-state index contributed by atoms with van der Waals surface area (Å²) in [5, 5.41) is 2.31. The maximum Gasteiger partial charge on any atom is 0.418 e. The van der Waals surface area contributed by atoms with E-state index >= 15 is 0 Å². The van der Waals surface area contributed by atoms with Crippen molar-refractivity contribution in [3.05, 3.63) is 60.0 Å². The highest BCUT2D eigenvalue weighted by atomic mass is 19.4. The van der Waals surface area contributed by atoms with Crippen molar-refractivity contribution in [1.29, 1.82) is 0 Å². The number of aromatic nitrogens is 2. The van der Waals surface area contributed by atoms with Crippen molar-refractivity contribution in [3.8, 4) is 5.75 Å². The minimum absolute atomic E-state index is 0.0904. The molecule has 3 rings (SSSR count). The summed E-state index contributed by atoms with van der Waals surface area (Å²) in [7, 11) is 0. The number of fused-ring (bicyclic) bond motifs is 1. The van der Waals surface area contributed by atoms with E-state index in [9.17, 15) is 18.0 Å². The van der Waals surface area contributed by atoms with Gasteiger partial charge < -0.3 is 14.5 Å². The summed E-state index contributed by atoms with van der Waals surface area (Å²) in [6.45, 7) is 1.92. The standard InChI is InChI=1S/C17H14F3N3O2/c1-2-25-12-4-5-14(13(9-12)17(18,19)20)22-16(24)11-3-6-15-21-7-8-23(15)10-11/h3-10H,2H2,1H3,(H,22,24). The van der Waals surface area contributed by atoms with Gasteiger partial charge in [0.25, 0.3) is 5.91 Å². The Hall–Kier alpha value is -3.03. The highest BCUT2D eigenvalue weighted by Gasteiger charge is 2.34. The van der Waals surface area contributed by atoms with Gasteiger partial charge in [-0.1, -0.05) is 0 Å². The largest absolute Gasteiger partial charge is 0.494 e. The van der Waals surface area contributed by atoms with Crippen LogP contribution in [0, 0.1) is 0 Å². The second-order valence-electron chi connectivity index (χ2n) is 5.20. The number of anilines is 1. The Morgan fingerprint density at radius 3 is 2.80 bits per heavy atom. The van der Waals surface area contributed by atoms with Crippen molar-refractivity contribution in [2.75, 3.05) is 11.9 Å². The molecule has 0 radical (unpaired) electrons. The predicted molar refractivity (Wildman–Crippen MR) is 85.8 cm³/mol. The number of alkyl halides is 3. The Morgan fingerprint density at radius 2 is 2.08 bits per heavy atom. The van der Waals surface area contributed by atoms with Gasteiger partial charge in [-0.3, -0.25) is 4.79 Å². The van der Waals surface area contributed by atoms with Crippen LogP contribution in [0.5, 0.6) is 5.75 Å². The number of ether oxygens (including phenoxy) is 1. The van der Waals surface area contributed by atoms with Gasteiger partial charge in [0, 0.05) is 18.6 Å². The van der Waals surface area contributed by atoms with Gasteiger partial charge in [-0.05, 0) is 37.3 Å². The number of imidazole rings is 1. The molecule has 0 bridgehead atoms. The number of rotatable bonds is 4. The van der Waals surface area contributed by atoms with Crippen LogP contribution in [0.4, 0.5) is 18.9 Å². The van der Waals surface area contributed by atoms with E-state index in [4.69, 9.17) is 4.74 Å². The van der Waals surface area contributed by atoms with Crippen LogP contribution >= 0.6 is 0 Å². The number of nitrogens with one attached hydrogen (secondary N) is 1. The SMILES string of the molecule is CCOc1ccc(NC(=O)c2ccc3nccn3c2)c(C(F)(F)F)c1. The zero-order valence-electron chi connectivity index (χ0n) is 13.2. The third-order valence-corrected chi connectivity index (χ3v) is 3.51. The fourth-order valence-electron chi connectivity index (χ4n) is 2.37. The van der Waals surface area contributed by atoms with E-state index in [1.165, 1.54) is 24.4 Å². The third-order valence-electron chi connectivity index (χ3n) is 3.51. The molecule has 0 unspecified atom stereocenters. The summed E-state index contributed by atoms with van der Waals surface area (Å²) in [4.78, 5) is 16.4. The van der Waals surface area contributed by atoms with Crippen molar-refractivity contribution in [2.24, 2.45) is 0 Å². The molecular formula is C17H14F3N3O2. The van der Waals surface area contributed by atoms with Crippen LogP contribution < -0.4 is 10.1 Å². The molecule has 0 atom stereocenters. The maximum absolute atomic E-state index is 13.3. The molecule has 0 aliphatic carbocycles. The van der Waals surface area contributed by atoms with Crippen LogP contribution in [0.15, 0.2) is 48.9 Å². The summed E-state index contributed by atoms with van der Waals surface area (Å²) < 4.78 is 46.5. The van der Waals surface area contributed by atoms with E-state index in [-0.39, 0.29) is 23.6 Å². The van der Waals surface area contributed by atoms with Gasteiger partial charge in [0.05, 0.1) is 23.4 Å². The van der Waals surface area contributed by atoms with Crippen LogP contribution in [0.25, 0.3) is 5.65 Å². The van der Waals surface area contributed by atoms with Crippen LogP contribution in [0.1, 0.15) is 22.8 Å². The average Bonchev–Trinajstić information content (AvgIpc) is 3.03. The van der Waals surface area contributed by atoms with E-state index in [1.807, 2.05) is 0 Å². The zero-order valence-corrected chi connectivity index (χ0v) is 13.2. The minimum Gasteiger partial charge on any atom is -0.494 e. The number of carbonyl (C=O) groups excluding carboxylic acids is 1. The zero-order chi connectivity index (χ0) is 18.0. The minimum atomic E-state index is -4.62. The van der Waals surface area contributed by atoms with Crippen LogP contribution in [-0.4, -0.2) is 21.9 Å². The number of benzene rings is 1. The Labute approximate surface area is 141 Å². The summed E-state index contributed by atoms with van der Waals surface area (Å²) in [6, 6.07) is 6.55. The topological polar surface area (TPSA) is 55.6 Å². The molecule has 2 aromatic heterocycles. The van der Waals surface area contributed by atoms with Gasteiger partial charge in [-0.15, -0.1) is 0 Å². The van der Waals surface area contributed by atoms with Gasteiger partial charge in [0.2, 0.25) is 0 Å². The first-order valence-corrected chi connectivity index (χ1v) is 7.46. The molecule has 0 aliphatic rings. The number of pyridine rings is 1. The molecular weight excluding hydrogens is 335 g/mol. The molecule has 1 amide bonds. The normalized spacial score (nSPS) is 11.5. The van der Waals surface area contributed by atoms with Gasteiger partial charge in [0.1, 0.15) is 11.4 Å². The molecule has 0 fully saturated rings. The number of carbonyl (C=O) groups is 1. The maximum atomic E-state index is 13.3. The number of amides is 1. The Morgan fingerprint density at radius 1 is 1.28 bits per heavy atom. The van der Waals surface area contributed by atoms with Crippen molar-refractivity contribution in [3.63, 3.8) is 0 Å². The van der Waals surface area contributed by atoms with Gasteiger partial charge in [0.15, 0.2) is 0 Å². The fraction of sp³-hybridized carbons (Fsp3) is 0.176. The number of hydrogen-bond acceptors (Lipinski definition) is 3. The lowest BCUT2D eigenvalue weighted by molar-refractivity contribution is -0.137. The van der Waals surface area contributed by atoms with Gasteiger partial charge >= 0.3 is 6.18 Å². The molecule has 130 valence electrons. The highest BCUT2D eigenvalue weighted by molar-refractivity contribution is 6.04. The summed E-state index contributed by atoms with van der Waals surface area (Å²) in [5.74, 6) is -0.557. The Bertz CT molecular complexity index is 919. The monoisotopic (exact) mass is 349 g/mol. The quantitative estimate of drug-likeness (QED) is 0.774.